The van der Waals surface area contributed by atoms with Gasteiger partial charge in [-0.2, -0.15) is 0 Å². The molecular formula is C14H22BrN3. The van der Waals surface area contributed by atoms with Gasteiger partial charge in [0.2, 0.25) is 0 Å². The van der Waals surface area contributed by atoms with Gasteiger partial charge in [0.15, 0.2) is 0 Å². The zero-order valence-corrected chi connectivity index (χ0v) is 12.8. The lowest BCUT2D eigenvalue weighted by Gasteiger charge is -2.32. The molecule has 0 bridgehead atoms. The molecule has 2 heterocycles. The Hall–Kier alpha value is -0.610. The normalized spacial score (nSPS) is 18.6. The molecule has 0 aliphatic carbocycles. The van der Waals surface area contributed by atoms with Gasteiger partial charge in [0, 0.05) is 18.8 Å². The number of pyridine rings is 1. The molecule has 18 heavy (non-hydrogen) atoms. The second-order valence-electron chi connectivity index (χ2n) is 5.17. The average molecular weight is 312 g/mol. The Morgan fingerprint density at radius 2 is 2.11 bits per heavy atom. The van der Waals surface area contributed by atoms with E-state index in [2.05, 4.69) is 51.0 Å². The highest BCUT2D eigenvalue weighted by Gasteiger charge is 2.16. The number of aromatic nitrogens is 1. The van der Waals surface area contributed by atoms with Crippen LogP contribution in [0.4, 0.5) is 5.82 Å². The van der Waals surface area contributed by atoms with Crippen LogP contribution >= 0.6 is 15.9 Å². The first kappa shape index (κ1) is 13.8. The fourth-order valence-electron chi connectivity index (χ4n) is 2.40. The molecule has 1 aliphatic rings. The van der Waals surface area contributed by atoms with Crippen molar-refractivity contribution >= 4 is 21.7 Å². The quantitative estimate of drug-likeness (QED) is 0.923. The van der Waals surface area contributed by atoms with Gasteiger partial charge in [-0.05, 0) is 67.3 Å². The molecule has 0 aromatic carbocycles. The van der Waals surface area contributed by atoms with Gasteiger partial charge in [-0.1, -0.05) is 6.42 Å². The molecule has 1 aromatic heterocycles. The standard InChI is InChI=1S/C14H22BrN3/c1-11-8-13(15)14(16-9-11)17-10-12(2)18-6-4-3-5-7-18/h8-9,12H,3-7,10H2,1-2H3,(H,16,17). The van der Waals surface area contributed by atoms with E-state index in [4.69, 9.17) is 0 Å². The third-order valence-electron chi connectivity index (χ3n) is 3.56. The first-order valence-electron chi connectivity index (χ1n) is 6.77. The van der Waals surface area contributed by atoms with Crippen molar-refractivity contribution in [1.82, 2.24) is 9.88 Å². The molecule has 1 aromatic rings. The van der Waals surface area contributed by atoms with Crippen molar-refractivity contribution in [3.63, 3.8) is 0 Å². The molecule has 1 unspecified atom stereocenters. The fourth-order valence-corrected chi connectivity index (χ4v) is 3.00. The van der Waals surface area contributed by atoms with E-state index >= 15 is 0 Å². The first-order chi connectivity index (χ1) is 8.66. The van der Waals surface area contributed by atoms with Crippen LogP contribution in [0.2, 0.25) is 0 Å². The molecule has 4 heteroatoms. The van der Waals surface area contributed by atoms with E-state index in [1.54, 1.807) is 0 Å². The van der Waals surface area contributed by atoms with E-state index in [0.29, 0.717) is 6.04 Å². The van der Waals surface area contributed by atoms with E-state index in [0.717, 1.165) is 16.8 Å². The van der Waals surface area contributed by atoms with Gasteiger partial charge >= 0.3 is 0 Å². The number of nitrogens with zero attached hydrogens (tertiary/aromatic N) is 2. The number of nitrogens with one attached hydrogen (secondary N) is 1. The molecule has 0 saturated carbocycles. The molecule has 3 nitrogen and oxygen atoms in total. The minimum absolute atomic E-state index is 0.570. The largest absolute Gasteiger partial charge is 0.368 e. The Bertz CT molecular complexity index is 389. The Morgan fingerprint density at radius 1 is 1.39 bits per heavy atom. The lowest BCUT2D eigenvalue weighted by Crippen LogP contribution is -2.41. The van der Waals surface area contributed by atoms with Crippen molar-refractivity contribution in [3.8, 4) is 0 Å². The summed E-state index contributed by atoms with van der Waals surface area (Å²) >= 11 is 3.55. The third-order valence-corrected chi connectivity index (χ3v) is 4.16. The fraction of sp³-hybridized carbons (Fsp3) is 0.643. The summed E-state index contributed by atoms with van der Waals surface area (Å²) in [6, 6.07) is 2.67. The molecule has 1 fully saturated rings. The SMILES string of the molecule is Cc1cnc(NCC(C)N2CCCCC2)c(Br)c1. The van der Waals surface area contributed by atoms with E-state index in [1.165, 1.54) is 37.9 Å². The van der Waals surface area contributed by atoms with Crippen molar-refractivity contribution in [2.45, 2.75) is 39.2 Å². The summed E-state index contributed by atoms with van der Waals surface area (Å²) in [4.78, 5) is 6.99. The van der Waals surface area contributed by atoms with Gasteiger partial charge in [-0.25, -0.2) is 4.98 Å². The number of rotatable bonds is 4. The number of likely N-dealkylation sites (tertiary alicyclic amines) is 1. The number of aryl methyl sites for hydroxylation is 1. The minimum Gasteiger partial charge on any atom is -0.368 e. The van der Waals surface area contributed by atoms with E-state index in [9.17, 15) is 0 Å². The number of anilines is 1. The van der Waals surface area contributed by atoms with Gasteiger partial charge in [0.25, 0.3) is 0 Å². The van der Waals surface area contributed by atoms with Crippen LogP contribution in [0, 0.1) is 6.92 Å². The average Bonchev–Trinajstić information content (AvgIpc) is 2.38. The zero-order chi connectivity index (χ0) is 13.0. The number of hydrogen-bond acceptors (Lipinski definition) is 3. The number of halogens is 1. The predicted molar refractivity (Wildman–Crippen MR) is 80.0 cm³/mol. The van der Waals surface area contributed by atoms with Crippen molar-refractivity contribution in [2.75, 3.05) is 25.0 Å². The first-order valence-corrected chi connectivity index (χ1v) is 7.56. The van der Waals surface area contributed by atoms with Gasteiger partial charge in [-0.3, -0.25) is 4.90 Å². The molecule has 0 amide bonds. The molecular weight excluding hydrogens is 290 g/mol. The third kappa shape index (κ3) is 3.69. The van der Waals surface area contributed by atoms with Crippen LogP contribution in [0.15, 0.2) is 16.7 Å². The molecule has 0 spiro atoms. The zero-order valence-electron chi connectivity index (χ0n) is 11.2. The Kier molecular flexibility index (Phi) is 5.01. The Labute approximate surface area is 118 Å². The second kappa shape index (κ2) is 6.53. The van der Waals surface area contributed by atoms with Crippen LogP contribution in [0.5, 0.6) is 0 Å². The number of hydrogen-bond donors (Lipinski definition) is 1. The Balaban J connectivity index is 1.86. The molecule has 1 aliphatic heterocycles. The molecule has 1 atom stereocenters. The molecule has 100 valence electrons. The smallest absolute Gasteiger partial charge is 0.140 e. The lowest BCUT2D eigenvalue weighted by atomic mass is 10.1. The predicted octanol–water partition coefficient (Wildman–Crippen LogP) is 3.44. The van der Waals surface area contributed by atoms with Crippen LogP contribution in [0.1, 0.15) is 31.7 Å². The maximum Gasteiger partial charge on any atom is 0.140 e. The number of piperidine rings is 1. The van der Waals surface area contributed by atoms with Gasteiger partial charge in [0.1, 0.15) is 5.82 Å². The van der Waals surface area contributed by atoms with Crippen molar-refractivity contribution in [2.24, 2.45) is 0 Å². The van der Waals surface area contributed by atoms with Crippen molar-refractivity contribution in [3.05, 3.63) is 22.3 Å². The summed E-state index contributed by atoms with van der Waals surface area (Å²) in [5.74, 6) is 0.949. The highest BCUT2D eigenvalue weighted by atomic mass is 79.9. The van der Waals surface area contributed by atoms with Crippen LogP contribution in [-0.4, -0.2) is 35.6 Å². The van der Waals surface area contributed by atoms with Crippen molar-refractivity contribution in [1.29, 1.82) is 0 Å². The lowest BCUT2D eigenvalue weighted by molar-refractivity contribution is 0.180. The summed E-state index contributed by atoms with van der Waals surface area (Å²) in [5, 5.41) is 3.44. The topological polar surface area (TPSA) is 28.2 Å². The van der Waals surface area contributed by atoms with Gasteiger partial charge < -0.3 is 5.32 Å². The Morgan fingerprint density at radius 3 is 2.78 bits per heavy atom. The van der Waals surface area contributed by atoms with Crippen molar-refractivity contribution < 1.29 is 0 Å². The van der Waals surface area contributed by atoms with Gasteiger partial charge in [-0.15, -0.1) is 0 Å². The van der Waals surface area contributed by atoms with Crippen LogP contribution in [0.3, 0.4) is 0 Å². The molecule has 2 rings (SSSR count). The van der Waals surface area contributed by atoms with Crippen LogP contribution in [-0.2, 0) is 0 Å². The second-order valence-corrected chi connectivity index (χ2v) is 6.02. The summed E-state index contributed by atoms with van der Waals surface area (Å²) in [7, 11) is 0. The van der Waals surface area contributed by atoms with Crippen LogP contribution < -0.4 is 5.32 Å². The summed E-state index contributed by atoms with van der Waals surface area (Å²) < 4.78 is 1.05. The monoisotopic (exact) mass is 311 g/mol. The molecule has 1 N–H and O–H groups in total. The summed E-state index contributed by atoms with van der Waals surface area (Å²) in [6.07, 6.45) is 5.98. The minimum atomic E-state index is 0.570. The van der Waals surface area contributed by atoms with Gasteiger partial charge in [0.05, 0.1) is 4.47 Å². The summed E-state index contributed by atoms with van der Waals surface area (Å²) in [6.45, 7) is 7.78. The summed E-state index contributed by atoms with van der Waals surface area (Å²) in [5.41, 5.74) is 1.18. The van der Waals surface area contributed by atoms with E-state index in [-0.39, 0.29) is 0 Å². The highest BCUT2D eigenvalue weighted by Crippen LogP contribution is 2.21. The maximum absolute atomic E-state index is 4.42. The highest BCUT2D eigenvalue weighted by molar-refractivity contribution is 9.10. The molecule has 0 radical (unpaired) electrons. The van der Waals surface area contributed by atoms with E-state index < -0.39 is 0 Å². The molecule has 1 saturated heterocycles. The maximum atomic E-state index is 4.42. The van der Waals surface area contributed by atoms with E-state index in [1.807, 2.05) is 6.20 Å². The van der Waals surface area contributed by atoms with Crippen LogP contribution in [0.25, 0.3) is 0 Å².